The van der Waals surface area contributed by atoms with Crippen LogP contribution in [-0.4, -0.2) is 42.5 Å². The van der Waals surface area contributed by atoms with Crippen LogP contribution in [0.5, 0.6) is 0 Å². The topological polar surface area (TPSA) is 85.0 Å². The van der Waals surface area contributed by atoms with Crippen LogP contribution in [0, 0.1) is 5.92 Å². The summed E-state index contributed by atoms with van der Waals surface area (Å²) >= 11 is 0. The molecule has 5 heterocycles. The predicted octanol–water partition coefficient (Wildman–Crippen LogP) is 3.85. The SMILES string of the molecule is CC(C)c1cnn2ccc(-c3ccnc(Nc4cnn(CC5CCNCC5)c4)n3)cc12. The summed E-state index contributed by atoms with van der Waals surface area (Å²) in [5.74, 6) is 1.66. The maximum atomic E-state index is 4.73. The Kier molecular flexibility index (Phi) is 5.38. The van der Waals surface area contributed by atoms with Crippen LogP contribution in [-0.2, 0) is 6.54 Å². The molecule has 0 spiro atoms. The Morgan fingerprint density at radius 1 is 1.16 bits per heavy atom. The fraction of sp³-hybridized carbons (Fsp3) is 0.391. The van der Waals surface area contributed by atoms with Gasteiger partial charge in [-0.3, -0.25) is 4.68 Å². The number of anilines is 2. The number of nitrogens with one attached hydrogen (secondary N) is 2. The minimum atomic E-state index is 0.414. The van der Waals surface area contributed by atoms with Gasteiger partial charge in [0.25, 0.3) is 0 Å². The second kappa shape index (κ2) is 8.47. The lowest BCUT2D eigenvalue weighted by molar-refractivity contribution is 0.321. The zero-order valence-corrected chi connectivity index (χ0v) is 18.0. The van der Waals surface area contributed by atoms with Crippen molar-refractivity contribution in [2.75, 3.05) is 18.4 Å². The summed E-state index contributed by atoms with van der Waals surface area (Å²) in [4.78, 5) is 9.13. The zero-order valence-electron chi connectivity index (χ0n) is 18.0. The normalized spacial score (nSPS) is 15.1. The molecule has 5 rings (SSSR count). The van der Waals surface area contributed by atoms with E-state index in [2.05, 4.69) is 45.7 Å². The first-order chi connectivity index (χ1) is 15.2. The first kappa shape index (κ1) is 19.7. The first-order valence-electron chi connectivity index (χ1n) is 11.0. The van der Waals surface area contributed by atoms with Crippen molar-refractivity contribution < 1.29 is 0 Å². The molecule has 0 bridgehead atoms. The number of hydrogen-bond donors (Lipinski definition) is 2. The second-order valence-corrected chi connectivity index (χ2v) is 8.53. The molecular formula is C23H28N8. The highest BCUT2D eigenvalue weighted by atomic mass is 15.3. The lowest BCUT2D eigenvalue weighted by Gasteiger charge is -2.22. The second-order valence-electron chi connectivity index (χ2n) is 8.53. The van der Waals surface area contributed by atoms with E-state index in [9.17, 15) is 0 Å². The van der Waals surface area contributed by atoms with Crippen LogP contribution in [0.15, 0.2) is 49.2 Å². The molecule has 1 fully saturated rings. The molecule has 4 aromatic heterocycles. The van der Waals surface area contributed by atoms with E-state index < -0.39 is 0 Å². The van der Waals surface area contributed by atoms with Gasteiger partial charge in [0.2, 0.25) is 5.95 Å². The summed E-state index contributed by atoms with van der Waals surface area (Å²) in [6.45, 7) is 7.51. The molecule has 1 aliphatic heterocycles. The van der Waals surface area contributed by atoms with Crippen molar-refractivity contribution in [3.63, 3.8) is 0 Å². The number of hydrogen-bond acceptors (Lipinski definition) is 6. The Balaban J connectivity index is 1.34. The molecule has 0 amide bonds. The van der Waals surface area contributed by atoms with Crippen molar-refractivity contribution in [1.29, 1.82) is 0 Å². The Morgan fingerprint density at radius 3 is 2.87 bits per heavy atom. The van der Waals surface area contributed by atoms with E-state index in [0.29, 0.717) is 17.8 Å². The van der Waals surface area contributed by atoms with Crippen molar-refractivity contribution in [3.05, 3.63) is 54.7 Å². The van der Waals surface area contributed by atoms with E-state index in [1.807, 2.05) is 46.1 Å². The Labute approximate surface area is 181 Å². The third-order valence-corrected chi connectivity index (χ3v) is 5.92. The molecule has 2 N–H and O–H groups in total. The molecule has 0 unspecified atom stereocenters. The highest BCUT2D eigenvalue weighted by Gasteiger charge is 2.14. The molecule has 31 heavy (non-hydrogen) atoms. The molecule has 1 aliphatic rings. The third kappa shape index (κ3) is 4.29. The van der Waals surface area contributed by atoms with Gasteiger partial charge in [0.1, 0.15) is 0 Å². The first-order valence-corrected chi connectivity index (χ1v) is 11.0. The number of pyridine rings is 1. The smallest absolute Gasteiger partial charge is 0.227 e. The average Bonchev–Trinajstić information content (AvgIpc) is 3.41. The summed E-state index contributed by atoms with van der Waals surface area (Å²) in [5, 5.41) is 15.7. The van der Waals surface area contributed by atoms with E-state index >= 15 is 0 Å². The van der Waals surface area contributed by atoms with Gasteiger partial charge in [0, 0.05) is 36.3 Å². The van der Waals surface area contributed by atoms with Crippen LogP contribution < -0.4 is 10.6 Å². The maximum absolute atomic E-state index is 4.73. The molecule has 0 radical (unpaired) electrons. The molecule has 4 aromatic rings. The largest absolute Gasteiger partial charge is 0.321 e. The summed E-state index contributed by atoms with van der Waals surface area (Å²) in [7, 11) is 0. The number of piperidine rings is 1. The third-order valence-electron chi connectivity index (χ3n) is 5.92. The van der Waals surface area contributed by atoms with E-state index in [1.54, 1.807) is 6.20 Å². The van der Waals surface area contributed by atoms with E-state index in [4.69, 9.17) is 4.98 Å². The quantitative estimate of drug-likeness (QED) is 0.497. The number of rotatable bonds is 6. The molecule has 0 aliphatic carbocycles. The van der Waals surface area contributed by atoms with Crippen LogP contribution in [0.1, 0.15) is 38.2 Å². The molecule has 1 saturated heterocycles. The summed E-state index contributed by atoms with van der Waals surface area (Å²) in [6, 6.07) is 6.11. The fourth-order valence-corrected chi connectivity index (χ4v) is 4.17. The van der Waals surface area contributed by atoms with E-state index in [-0.39, 0.29) is 0 Å². The van der Waals surface area contributed by atoms with Crippen molar-refractivity contribution in [2.24, 2.45) is 5.92 Å². The number of fused-ring (bicyclic) bond motifs is 1. The van der Waals surface area contributed by atoms with Gasteiger partial charge in [-0.05, 0) is 56.0 Å². The van der Waals surface area contributed by atoms with Crippen LogP contribution in [0.3, 0.4) is 0 Å². The maximum Gasteiger partial charge on any atom is 0.227 e. The molecule has 8 heteroatoms. The van der Waals surface area contributed by atoms with Gasteiger partial charge in [-0.2, -0.15) is 10.2 Å². The molecule has 0 aromatic carbocycles. The average molecular weight is 417 g/mol. The van der Waals surface area contributed by atoms with Crippen molar-refractivity contribution in [2.45, 2.75) is 39.2 Å². The van der Waals surface area contributed by atoms with E-state index in [1.165, 1.54) is 18.4 Å². The highest BCUT2D eigenvalue weighted by Crippen LogP contribution is 2.25. The van der Waals surface area contributed by atoms with Gasteiger partial charge >= 0.3 is 0 Å². The van der Waals surface area contributed by atoms with Crippen LogP contribution in [0.4, 0.5) is 11.6 Å². The zero-order chi connectivity index (χ0) is 21.2. The lowest BCUT2D eigenvalue weighted by Crippen LogP contribution is -2.29. The minimum Gasteiger partial charge on any atom is -0.321 e. The summed E-state index contributed by atoms with van der Waals surface area (Å²) in [6.07, 6.45) is 12.0. The highest BCUT2D eigenvalue weighted by molar-refractivity contribution is 5.69. The van der Waals surface area contributed by atoms with Gasteiger partial charge < -0.3 is 10.6 Å². The summed E-state index contributed by atoms with van der Waals surface area (Å²) < 4.78 is 3.93. The Bertz CT molecular complexity index is 1170. The number of aromatic nitrogens is 6. The minimum absolute atomic E-state index is 0.414. The molecule has 0 atom stereocenters. The standard InChI is InChI=1S/C23H28N8/c1-16(2)20-13-27-31-10-6-18(11-22(20)31)21-5-9-25-23(29-21)28-19-12-26-30(15-19)14-17-3-7-24-8-4-17/h5-6,9-13,15-17,24H,3-4,7-8,14H2,1-2H3,(H,25,28,29). The van der Waals surface area contributed by atoms with Crippen LogP contribution in [0.25, 0.3) is 16.8 Å². The van der Waals surface area contributed by atoms with Gasteiger partial charge in [0.05, 0.1) is 29.3 Å². The van der Waals surface area contributed by atoms with E-state index in [0.717, 1.165) is 42.1 Å². The molecule has 160 valence electrons. The Hall–Kier alpha value is -3.26. The predicted molar refractivity (Wildman–Crippen MR) is 121 cm³/mol. The molecule has 0 saturated carbocycles. The monoisotopic (exact) mass is 416 g/mol. The van der Waals surface area contributed by atoms with Crippen molar-refractivity contribution in [3.8, 4) is 11.3 Å². The van der Waals surface area contributed by atoms with Crippen molar-refractivity contribution >= 4 is 17.2 Å². The van der Waals surface area contributed by atoms with Crippen LogP contribution >= 0.6 is 0 Å². The molecule has 8 nitrogen and oxygen atoms in total. The van der Waals surface area contributed by atoms with Crippen LogP contribution in [0.2, 0.25) is 0 Å². The van der Waals surface area contributed by atoms with Crippen molar-refractivity contribution in [1.82, 2.24) is 34.7 Å². The molecular weight excluding hydrogens is 388 g/mol. The summed E-state index contributed by atoms with van der Waals surface area (Å²) in [5.41, 5.74) is 5.16. The van der Waals surface area contributed by atoms with Gasteiger partial charge in [0.15, 0.2) is 0 Å². The van der Waals surface area contributed by atoms with Gasteiger partial charge in [-0.15, -0.1) is 0 Å². The van der Waals surface area contributed by atoms with Gasteiger partial charge in [-0.25, -0.2) is 14.5 Å². The fourth-order valence-electron chi connectivity index (χ4n) is 4.17. The Morgan fingerprint density at radius 2 is 2.03 bits per heavy atom. The van der Waals surface area contributed by atoms with Gasteiger partial charge in [-0.1, -0.05) is 13.8 Å². The number of nitrogens with zero attached hydrogens (tertiary/aromatic N) is 6. The lowest BCUT2D eigenvalue weighted by atomic mass is 9.98.